The molecule has 0 saturated heterocycles. The summed E-state index contributed by atoms with van der Waals surface area (Å²) in [5.74, 6) is 5.21. The number of rotatable bonds is 5. The van der Waals surface area contributed by atoms with Crippen LogP contribution < -0.4 is 0 Å². The molecule has 0 heterocycles. The second-order valence-corrected chi connectivity index (χ2v) is 6.49. The smallest absolute Gasteiger partial charge is 0.243 e. The number of aliphatic hydroxyl groups excluding tert-OH is 1. The van der Waals surface area contributed by atoms with Crippen LogP contribution in [0.5, 0.6) is 0 Å². The van der Waals surface area contributed by atoms with E-state index in [1.54, 1.807) is 26.0 Å². The largest absolute Gasteiger partial charge is 0.384 e. The van der Waals surface area contributed by atoms with E-state index in [4.69, 9.17) is 10.4 Å². The summed E-state index contributed by atoms with van der Waals surface area (Å²) in [4.78, 5) is 0.170. The highest BCUT2D eigenvalue weighted by atomic mass is 32.2. The highest BCUT2D eigenvalue weighted by molar-refractivity contribution is 7.89. The molecule has 0 amide bonds. The molecule has 0 aliphatic heterocycles. The van der Waals surface area contributed by atoms with Gasteiger partial charge in [-0.1, -0.05) is 11.8 Å². The molecule has 1 N–H and O–H groups in total. The summed E-state index contributed by atoms with van der Waals surface area (Å²) in [5.41, 5.74) is 0.635. The maximum atomic E-state index is 12.5. The van der Waals surface area contributed by atoms with Gasteiger partial charge in [-0.3, -0.25) is 0 Å². The van der Waals surface area contributed by atoms with E-state index >= 15 is 0 Å². The molecule has 6 heteroatoms. The Balaban J connectivity index is 3.08. The second kappa shape index (κ2) is 7.80. The van der Waals surface area contributed by atoms with Crippen LogP contribution in [0.15, 0.2) is 29.2 Å². The standard InChI is InChI=1S/C15H18N2O3S/c1-13(2)17(11-4-10-16)21(19,20)15-8-6-14(7-9-15)5-3-12-18/h6-9,13,18H,4,11-12H2,1-2H3. The molecule has 0 saturated carbocycles. The highest BCUT2D eigenvalue weighted by Gasteiger charge is 2.26. The fourth-order valence-corrected chi connectivity index (χ4v) is 3.44. The fraction of sp³-hybridized carbons (Fsp3) is 0.400. The number of hydrogen-bond donors (Lipinski definition) is 1. The summed E-state index contributed by atoms with van der Waals surface area (Å²) in [7, 11) is -3.63. The second-order valence-electron chi connectivity index (χ2n) is 4.60. The van der Waals surface area contributed by atoms with Crippen molar-refractivity contribution in [3.63, 3.8) is 0 Å². The monoisotopic (exact) mass is 306 g/mol. The molecule has 0 atom stereocenters. The summed E-state index contributed by atoms with van der Waals surface area (Å²) in [5, 5.41) is 17.3. The van der Waals surface area contributed by atoms with Gasteiger partial charge in [-0.25, -0.2) is 8.42 Å². The molecule has 1 aromatic carbocycles. The molecule has 1 aromatic rings. The van der Waals surface area contributed by atoms with E-state index in [9.17, 15) is 8.42 Å². The average Bonchev–Trinajstić information content (AvgIpc) is 2.45. The van der Waals surface area contributed by atoms with Crippen LogP contribution >= 0.6 is 0 Å². The third-order valence-electron chi connectivity index (χ3n) is 2.79. The Morgan fingerprint density at radius 3 is 2.38 bits per heavy atom. The number of nitriles is 1. The molecule has 0 aliphatic rings. The van der Waals surface area contributed by atoms with Gasteiger partial charge >= 0.3 is 0 Å². The molecule has 0 spiro atoms. The van der Waals surface area contributed by atoms with Crippen LogP contribution in [0.3, 0.4) is 0 Å². The van der Waals surface area contributed by atoms with Crippen LogP contribution in [0.25, 0.3) is 0 Å². The zero-order chi connectivity index (χ0) is 15.9. The predicted molar refractivity (Wildman–Crippen MR) is 79.7 cm³/mol. The molecule has 5 nitrogen and oxygen atoms in total. The van der Waals surface area contributed by atoms with Gasteiger partial charge in [0.2, 0.25) is 10.0 Å². The molecular weight excluding hydrogens is 288 g/mol. The lowest BCUT2D eigenvalue weighted by atomic mass is 10.2. The van der Waals surface area contributed by atoms with Gasteiger partial charge in [-0.05, 0) is 38.1 Å². The first-order valence-electron chi connectivity index (χ1n) is 6.52. The average molecular weight is 306 g/mol. The third-order valence-corrected chi connectivity index (χ3v) is 4.88. The summed E-state index contributed by atoms with van der Waals surface area (Å²) in [6, 6.07) is 7.90. The molecule has 0 aromatic heterocycles. The first kappa shape index (κ1) is 17.2. The highest BCUT2D eigenvalue weighted by Crippen LogP contribution is 2.19. The van der Waals surface area contributed by atoms with Crippen LogP contribution in [0, 0.1) is 23.2 Å². The number of nitrogens with zero attached hydrogens (tertiary/aromatic N) is 2. The molecule has 0 aliphatic carbocycles. The van der Waals surface area contributed by atoms with Crippen molar-refractivity contribution in [3.8, 4) is 17.9 Å². The predicted octanol–water partition coefficient (Wildman–Crippen LogP) is 1.34. The van der Waals surface area contributed by atoms with Crippen LogP contribution in [0.1, 0.15) is 25.8 Å². The molecule has 21 heavy (non-hydrogen) atoms. The number of hydrogen-bond acceptors (Lipinski definition) is 4. The van der Waals surface area contributed by atoms with Crippen molar-refractivity contribution in [3.05, 3.63) is 29.8 Å². The molecule has 0 unspecified atom stereocenters. The van der Waals surface area contributed by atoms with Crippen molar-refractivity contribution in [2.45, 2.75) is 31.2 Å². The Morgan fingerprint density at radius 2 is 1.90 bits per heavy atom. The maximum Gasteiger partial charge on any atom is 0.243 e. The lowest BCUT2D eigenvalue weighted by molar-refractivity contribution is 0.350. The van der Waals surface area contributed by atoms with E-state index in [0.717, 1.165) is 0 Å². The number of benzene rings is 1. The fourth-order valence-electron chi connectivity index (χ4n) is 1.80. The Labute approximate surface area is 125 Å². The van der Waals surface area contributed by atoms with Crippen molar-refractivity contribution in [2.75, 3.05) is 13.2 Å². The summed E-state index contributed by atoms with van der Waals surface area (Å²) in [6.45, 7) is 3.48. The van der Waals surface area contributed by atoms with E-state index in [1.165, 1.54) is 16.4 Å². The quantitative estimate of drug-likeness (QED) is 0.832. The van der Waals surface area contributed by atoms with Crippen molar-refractivity contribution >= 4 is 10.0 Å². The van der Waals surface area contributed by atoms with Crippen LogP contribution in [-0.2, 0) is 10.0 Å². The summed E-state index contributed by atoms with van der Waals surface area (Å²) in [6.07, 6.45) is 0.150. The van der Waals surface area contributed by atoms with Gasteiger partial charge in [-0.2, -0.15) is 9.57 Å². The van der Waals surface area contributed by atoms with E-state index in [0.29, 0.717) is 5.56 Å². The molecule has 0 bridgehead atoms. The Morgan fingerprint density at radius 1 is 1.29 bits per heavy atom. The van der Waals surface area contributed by atoms with Gasteiger partial charge in [0.1, 0.15) is 6.61 Å². The minimum atomic E-state index is -3.63. The van der Waals surface area contributed by atoms with Gasteiger partial charge in [0.25, 0.3) is 0 Å². The summed E-state index contributed by atoms with van der Waals surface area (Å²) >= 11 is 0. The van der Waals surface area contributed by atoms with E-state index in [-0.39, 0.29) is 30.5 Å². The lowest BCUT2D eigenvalue weighted by Gasteiger charge is -2.24. The van der Waals surface area contributed by atoms with Crippen LogP contribution in [-0.4, -0.2) is 37.0 Å². The van der Waals surface area contributed by atoms with Crippen molar-refractivity contribution in [2.24, 2.45) is 0 Å². The number of aliphatic hydroxyl groups is 1. The normalized spacial score (nSPS) is 11.0. The molecule has 0 fully saturated rings. The van der Waals surface area contributed by atoms with Crippen molar-refractivity contribution < 1.29 is 13.5 Å². The van der Waals surface area contributed by atoms with Gasteiger partial charge in [0, 0.05) is 24.6 Å². The topological polar surface area (TPSA) is 81.4 Å². The molecule has 0 radical (unpaired) electrons. The van der Waals surface area contributed by atoms with Crippen LogP contribution in [0.4, 0.5) is 0 Å². The van der Waals surface area contributed by atoms with Gasteiger partial charge in [0.15, 0.2) is 0 Å². The van der Waals surface area contributed by atoms with Gasteiger partial charge in [-0.15, -0.1) is 0 Å². The Bertz CT molecular complexity index is 662. The SMILES string of the molecule is CC(C)N(CCC#N)S(=O)(=O)c1ccc(C#CCO)cc1. The van der Waals surface area contributed by atoms with E-state index in [2.05, 4.69) is 11.8 Å². The summed E-state index contributed by atoms with van der Waals surface area (Å²) < 4.78 is 26.4. The molecular formula is C15H18N2O3S. The maximum absolute atomic E-state index is 12.5. The first-order chi connectivity index (χ1) is 9.93. The van der Waals surface area contributed by atoms with E-state index < -0.39 is 10.0 Å². The van der Waals surface area contributed by atoms with Crippen molar-refractivity contribution in [1.82, 2.24) is 4.31 Å². The van der Waals surface area contributed by atoms with Crippen LogP contribution in [0.2, 0.25) is 0 Å². The van der Waals surface area contributed by atoms with Crippen molar-refractivity contribution in [1.29, 1.82) is 5.26 Å². The minimum Gasteiger partial charge on any atom is -0.384 e. The Kier molecular flexibility index (Phi) is 6.39. The molecule has 1 rings (SSSR count). The Hall–Kier alpha value is -1.86. The van der Waals surface area contributed by atoms with Gasteiger partial charge < -0.3 is 5.11 Å². The zero-order valence-corrected chi connectivity index (χ0v) is 12.9. The first-order valence-corrected chi connectivity index (χ1v) is 7.96. The zero-order valence-electron chi connectivity index (χ0n) is 12.1. The molecule has 112 valence electrons. The van der Waals surface area contributed by atoms with E-state index in [1.807, 2.05) is 6.07 Å². The number of sulfonamides is 1. The third kappa shape index (κ3) is 4.57. The minimum absolute atomic E-state index is 0.150. The van der Waals surface area contributed by atoms with Gasteiger partial charge in [0.05, 0.1) is 11.0 Å². The lowest BCUT2D eigenvalue weighted by Crippen LogP contribution is -2.37.